The Morgan fingerprint density at radius 2 is 2.08 bits per heavy atom. The number of nitro benzene ring substituents is 1. The van der Waals surface area contributed by atoms with Gasteiger partial charge in [-0.15, -0.1) is 0 Å². The summed E-state index contributed by atoms with van der Waals surface area (Å²) >= 11 is 0. The van der Waals surface area contributed by atoms with Crippen LogP contribution in [0.15, 0.2) is 42.5 Å². The molecule has 0 spiro atoms. The second kappa shape index (κ2) is 8.20. The molecule has 1 N–H and O–H groups in total. The summed E-state index contributed by atoms with van der Waals surface area (Å²) in [5.41, 5.74) is 0.921. The van der Waals surface area contributed by atoms with Gasteiger partial charge in [0.2, 0.25) is 5.91 Å². The number of benzene rings is 2. The smallest absolute Gasteiger partial charge is 0.311 e. The number of halogens is 1. The van der Waals surface area contributed by atoms with Gasteiger partial charge >= 0.3 is 5.69 Å². The van der Waals surface area contributed by atoms with Crippen molar-refractivity contribution >= 4 is 17.3 Å². The van der Waals surface area contributed by atoms with Crippen molar-refractivity contribution in [2.75, 3.05) is 26.0 Å². The summed E-state index contributed by atoms with van der Waals surface area (Å²) in [6.07, 6.45) is 0. The van der Waals surface area contributed by atoms with E-state index in [1.54, 1.807) is 24.1 Å². The third-order valence-corrected chi connectivity index (χ3v) is 3.41. The Kier molecular flexibility index (Phi) is 6.02. The number of likely N-dealkylation sites (N-methyl/N-ethyl adjacent to an activating group) is 1. The van der Waals surface area contributed by atoms with Gasteiger partial charge in [0, 0.05) is 18.3 Å². The summed E-state index contributed by atoms with van der Waals surface area (Å²) in [7, 11) is 3.08. The van der Waals surface area contributed by atoms with Crippen molar-refractivity contribution in [3.8, 4) is 5.75 Å². The zero-order valence-electron chi connectivity index (χ0n) is 13.9. The lowest BCUT2D eigenvalue weighted by atomic mass is 10.1. The zero-order chi connectivity index (χ0) is 18.4. The van der Waals surface area contributed by atoms with Gasteiger partial charge in [0.15, 0.2) is 5.75 Å². The van der Waals surface area contributed by atoms with Crippen LogP contribution in [0.5, 0.6) is 5.75 Å². The molecule has 132 valence electrons. The maximum Gasteiger partial charge on any atom is 0.311 e. The van der Waals surface area contributed by atoms with E-state index in [1.165, 1.54) is 37.4 Å². The third-order valence-electron chi connectivity index (χ3n) is 3.41. The molecule has 1 amide bonds. The predicted octanol–water partition coefficient (Wildman–Crippen LogP) is 2.81. The Morgan fingerprint density at radius 1 is 1.32 bits per heavy atom. The molecule has 2 aromatic carbocycles. The van der Waals surface area contributed by atoms with Crippen LogP contribution in [-0.2, 0) is 11.3 Å². The van der Waals surface area contributed by atoms with Crippen molar-refractivity contribution < 1.29 is 18.8 Å². The minimum absolute atomic E-state index is 0.0519. The van der Waals surface area contributed by atoms with E-state index in [9.17, 15) is 19.3 Å². The highest BCUT2D eigenvalue weighted by atomic mass is 19.1. The van der Waals surface area contributed by atoms with E-state index in [0.717, 1.165) is 0 Å². The van der Waals surface area contributed by atoms with E-state index in [4.69, 9.17) is 4.74 Å². The zero-order valence-corrected chi connectivity index (χ0v) is 13.9. The van der Waals surface area contributed by atoms with E-state index >= 15 is 0 Å². The van der Waals surface area contributed by atoms with Gasteiger partial charge in [-0.3, -0.25) is 19.8 Å². The molecule has 0 aliphatic rings. The topological polar surface area (TPSA) is 84.7 Å². The molecule has 2 rings (SSSR count). The molecule has 0 saturated heterocycles. The first-order valence-corrected chi connectivity index (χ1v) is 7.44. The van der Waals surface area contributed by atoms with Gasteiger partial charge in [-0.2, -0.15) is 0 Å². The van der Waals surface area contributed by atoms with Crippen molar-refractivity contribution in [3.63, 3.8) is 0 Å². The van der Waals surface area contributed by atoms with Crippen LogP contribution in [0, 0.1) is 15.9 Å². The number of carbonyl (C=O) groups is 1. The molecule has 0 aromatic heterocycles. The maximum atomic E-state index is 13.1. The summed E-state index contributed by atoms with van der Waals surface area (Å²) < 4.78 is 18.1. The second-order valence-corrected chi connectivity index (χ2v) is 5.49. The van der Waals surface area contributed by atoms with Gasteiger partial charge in [0.1, 0.15) is 5.82 Å². The Bertz CT molecular complexity index is 782. The first-order chi connectivity index (χ1) is 11.9. The molecule has 7 nitrogen and oxygen atoms in total. The molecule has 0 unspecified atom stereocenters. The second-order valence-electron chi connectivity index (χ2n) is 5.49. The molecule has 2 aromatic rings. The number of amides is 1. The number of nitro groups is 1. The Hall–Kier alpha value is -3.00. The molecule has 0 saturated carbocycles. The molecule has 8 heteroatoms. The fourth-order valence-corrected chi connectivity index (χ4v) is 2.36. The maximum absolute atomic E-state index is 13.1. The van der Waals surface area contributed by atoms with Crippen molar-refractivity contribution in [3.05, 3.63) is 64.0 Å². The lowest BCUT2D eigenvalue weighted by Gasteiger charge is -2.16. The van der Waals surface area contributed by atoms with Crippen LogP contribution in [0.4, 0.5) is 15.8 Å². The molecular formula is C17H18FN3O4. The first kappa shape index (κ1) is 18.3. The fraction of sp³-hybridized carbons (Fsp3) is 0.235. The number of hydrogen-bond acceptors (Lipinski definition) is 5. The number of hydrogen-bond donors (Lipinski definition) is 1. The van der Waals surface area contributed by atoms with Crippen LogP contribution >= 0.6 is 0 Å². The standard InChI is InChI=1S/C17H18FN3O4/c1-20(11-17(22)19-14-5-3-4-13(18)9-14)10-12-6-7-16(25-2)15(8-12)21(23)24/h3-9H,10-11H2,1-2H3,(H,19,22). The van der Waals surface area contributed by atoms with E-state index in [2.05, 4.69) is 5.32 Å². The number of ether oxygens (including phenoxy) is 1. The van der Waals surface area contributed by atoms with Gasteiger partial charge in [0.05, 0.1) is 18.6 Å². The molecule has 0 radical (unpaired) electrons. The van der Waals surface area contributed by atoms with Gasteiger partial charge in [-0.05, 0) is 36.9 Å². The van der Waals surface area contributed by atoms with Gasteiger partial charge in [-0.25, -0.2) is 4.39 Å². The van der Waals surface area contributed by atoms with Crippen molar-refractivity contribution in [1.29, 1.82) is 0 Å². The summed E-state index contributed by atoms with van der Waals surface area (Å²) in [5.74, 6) is -0.562. The highest BCUT2D eigenvalue weighted by Gasteiger charge is 2.16. The monoisotopic (exact) mass is 347 g/mol. The molecular weight excluding hydrogens is 329 g/mol. The quantitative estimate of drug-likeness (QED) is 0.615. The van der Waals surface area contributed by atoms with Crippen LogP contribution in [0.1, 0.15) is 5.56 Å². The number of anilines is 1. The van der Waals surface area contributed by atoms with E-state index in [-0.39, 0.29) is 23.9 Å². The number of methoxy groups -OCH3 is 1. The normalized spacial score (nSPS) is 10.6. The summed E-state index contributed by atoms with van der Waals surface area (Å²) in [4.78, 5) is 24.2. The number of nitrogens with zero attached hydrogens (tertiary/aromatic N) is 2. The minimum atomic E-state index is -0.515. The van der Waals surface area contributed by atoms with E-state index in [0.29, 0.717) is 17.8 Å². The average Bonchev–Trinajstić information content (AvgIpc) is 2.54. The van der Waals surface area contributed by atoms with Crippen molar-refractivity contribution in [1.82, 2.24) is 4.90 Å². The van der Waals surface area contributed by atoms with Crippen LogP contribution in [0.2, 0.25) is 0 Å². The van der Waals surface area contributed by atoms with Crippen LogP contribution in [-0.4, -0.2) is 36.4 Å². The molecule has 0 aliphatic heterocycles. The van der Waals surface area contributed by atoms with Crippen molar-refractivity contribution in [2.24, 2.45) is 0 Å². The Labute approximate surface area is 144 Å². The van der Waals surface area contributed by atoms with Gasteiger partial charge in [-0.1, -0.05) is 12.1 Å². The highest BCUT2D eigenvalue weighted by Crippen LogP contribution is 2.27. The van der Waals surface area contributed by atoms with Gasteiger partial charge < -0.3 is 10.1 Å². The van der Waals surface area contributed by atoms with E-state index < -0.39 is 10.7 Å². The largest absolute Gasteiger partial charge is 0.490 e. The number of rotatable bonds is 7. The highest BCUT2D eigenvalue weighted by molar-refractivity contribution is 5.92. The van der Waals surface area contributed by atoms with E-state index in [1.807, 2.05) is 0 Å². The molecule has 0 bridgehead atoms. The number of carbonyl (C=O) groups excluding carboxylic acids is 1. The lowest BCUT2D eigenvalue weighted by Crippen LogP contribution is -2.29. The van der Waals surface area contributed by atoms with Crippen molar-refractivity contribution in [2.45, 2.75) is 6.54 Å². The lowest BCUT2D eigenvalue weighted by molar-refractivity contribution is -0.385. The average molecular weight is 347 g/mol. The molecule has 0 atom stereocenters. The Morgan fingerprint density at radius 3 is 2.72 bits per heavy atom. The Balaban J connectivity index is 1.97. The molecule has 0 aliphatic carbocycles. The van der Waals surface area contributed by atoms with Crippen LogP contribution < -0.4 is 10.1 Å². The summed E-state index contributed by atoms with van der Waals surface area (Å²) in [6.45, 7) is 0.387. The van der Waals surface area contributed by atoms with Crippen LogP contribution in [0.25, 0.3) is 0 Å². The predicted molar refractivity (Wildman–Crippen MR) is 91.0 cm³/mol. The molecule has 0 fully saturated rings. The van der Waals surface area contributed by atoms with Gasteiger partial charge in [0.25, 0.3) is 0 Å². The third kappa shape index (κ3) is 5.25. The van der Waals surface area contributed by atoms with Crippen LogP contribution in [0.3, 0.4) is 0 Å². The number of nitrogens with one attached hydrogen (secondary N) is 1. The summed E-state index contributed by atoms with van der Waals surface area (Å²) in [6, 6.07) is 10.3. The summed E-state index contributed by atoms with van der Waals surface area (Å²) in [5, 5.41) is 13.6. The molecule has 0 heterocycles. The SMILES string of the molecule is COc1ccc(CN(C)CC(=O)Nc2cccc(F)c2)cc1[N+](=O)[O-]. The molecule has 25 heavy (non-hydrogen) atoms. The first-order valence-electron chi connectivity index (χ1n) is 7.44. The minimum Gasteiger partial charge on any atom is -0.490 e. The fourth-order valence-electron chi connectivity index (χ4n) is 2.36.